The number of rotatable bonds is 12. The molecule has 0 heterocycles. The van der Waals surface area contributed by atoms with Crippen molar-refractivity contribution in [3.8, 4) is 28.7 Å². The minimum absolute atomic E-state index is 0.0117. The van der Waals surface area contributed by atoms with Crippen molar-refractivity contribution in [3.05, 3.63) is 98.7 Å². The molecular formula is C27H22O10. The minimum Gasteiger partial charge on any atom is -0.458 e. The Hall–Kier alpha value is -5.22. The third-order valence-corrected chi connectivity index (χ3v) is 4.09. The monoisotopic (exact) mass is 506 g/mol. The zero-order valence-electron chi connectivity index (χ0n) is 19.5. The van der Waals surface area contributed by atoms with Gasteiger partial charge in [0.25, 0.3) is 0 Å². The van der Waals surface area contributed by atoms with Crippen LogP contribution in [0.1, 0.15) is 5.56 Å². The Morgan fingerprint density at radius 3 is 1.81 bits per heavy atom. The van der Waals surface area contributed by atoms with Crippen LogP contribution < -0.4 is 23.7 Å². The predicted molar refractivity (Wildman–Crippen MR) is 132 cm³/mol. The van der Waals surface area contributed by atoms with E-state index in [1.165, 1.54) is 42.5 Å². The third kappa shape index (κ3) is 8.81. The summed E-state index contributed by atoms with van der Waals surface area (Å²) in [6.07, 6.45) is 4.95. The summed E-state index contributed by atoms with van der Waals surface area (Å²) in [4.78, 5) is 47.2. The summed E-state index contributed by atoms with van der Waals surface area (Å²) in [7, 11) is 0. The highest BCUT2D eigenvalue weighted by Gasteiger charge is 2.15. The molecule has 190 valence electrons. The molecule has 0 aliphatic heterocycles. The maximum absolute atomic E-state index is 12.4. The van der Waals surface area contributed by atoms with E-state index in [2.05, 4.69) is 26.3 Å². The summed E-state index contributed by atoms with van der Waals surface area (Å²) < 4.78 is 25.6. The molecule has 10 nitrogen and oxygen atoms in total. The van der Waals surface area contributed by atoms with Gasteiger partial charge in [-0.3, -0.25) is 0 Å². The van der Waals surface area contributed by atoms with Gasteiger partial charge in [-0.15, -0.1) is 0 Å². The zero-order chi connectivity index (χ0) is 27.4. The normalized spacial score (nSPS) is 10.9. The van der Waals surface area contributed by atoms with E-state index in [1.807, 2.05) is 0 Å². The van der Waals surface area contributed by atoms with Gasteiger partial charge in [-0.1, -0.05) is 32.4 Å². The molecule has 2 aromatic carbocycles. The molecule has 1 N–H and O–H groups in total. The first kappa shape index (κ1) is 28.0. The van der Waals surface area contributed by atoms with Crippen molar-refractivity contribution in [2.75, 3.05) is 0 Å². The molecule has 0 saturated heterocycles. The summed E-state index contributed by atoms with van der Waals surface area (Å²) in [6, 6.07) is 8.03. The molecule has 1 atom stereocenters. The number of carbonyl (C=O) groups is 4. The molecule has 0 bridgehead atoms. The van der Waals surface area contributed by atoms with Crippen molar-refractivity contribution in [3.63, 3.8) is 0 Å². The Morgan fingerprint density at radius 2 is 1.22 bits per heavy atom. The fourth-order valence-electron chi connectivity index (χ4n) is 2.46. The Kier molecular flexibility index (Phi) is 10.3. The molecule has 2 aromatic rings. The molecule has 0 radical (unpaired) electrons. The van der Waals surface area contributed by atoms with Crippen LogP contribution in [0.15, 0.2) is 93.1 Å². The lowest BCUT2D eigenvalue weighted by molar-refractivity contribution is -0.131. The van der Waals surface area contributed by atoms with Gasteiger partial charge in [0, 0.05) is 30.4 Å². The van der Waals surface area contributed by atoms with Gasteiger partial charge in [-0.25, -0.2) is 19.2 Å². The van der Waals surface area contributed by atoms with E-state index < -0.39 is 30.2 Å². The molecule has 0 amide bonds. The number of hydrogen-bond donors (Lipinski definition) is 1. The topological polar surface area (TPSA) is 135 Å². The fraction of sp³-hybridized carbons (Fsp3) is 0.0370. The first-order chi connectivity index (χ1) is 17.7. The van der Waals surface area contributed by atoms with Crippen LogP contribution in [0.3, 0.4) is 0 Å². The second kappa shape index (κ2) is 13.6. The van der Waals surface area contributed by atoms with Gasteiger partial charge >= 0.3 is 23.9 Å². The SMILES string of the molecule is C=CC(=O)Oc1ccc(OC(=O)/C=C/c2ccc(OC(O)C=C)c(OC(=O)C=C)c2)c(OC(=O)C=C)c1. The van der Waals surface area contributed by atoms with E-state index in [9.17, 15) is 24.3 Å². The van der Waals surface area contributed by atoms with Crippen LogP contribution in [0, 0.1) is 0 Å². The van der Waals surface area contributed by atoms with Crippen LogP contribution in [-0.2, 0) is 19.2 Å². The Bertz CT molecular complexity index is 1270. The Balaban J connectivity index is 2.26. The van der Waals surface area contributed by atoms with Gasteiger partial charge < -0.3 is 28.8 Å². The third-order valence-electron chi connectivity index (χ3n) is 4.09. The first-order valence-electron chi connectivity index (χ1n) is 10.4. The van der Waals surface area contributed by atoms with Crippen molar-refractivity contribution < 1.29 is 48.0 Å². The van der Waals surface area contributed by atoms with Crippen molar-refractivity contribution in [2.45, 2.75) is 6.29 Å². The van der Waals surface area contributed by atoms with Crippen LogP contribution in [0.4, 0.5) is 0 Å². The smallest absolute Gasteiger partial charge is 0.336 e. The molecule has 37 heavy (non-hydrogen) atoms. The Morgan fingerprint density at radius 1 is 0.676 bits per heavy atom. The van der Waals surface area contributed by atoms with Crippen LogP contribution in [-0.4, -0.2) is 35.3 Å². The highest BCUT2D eigenvalue weighted by atomic mass is 16.6. The lowest BCUT2D eigenvalue weighted by Crippen LogP contribution is -2.13. The van der Waals surface area contributed by atoms with Crippen LogP contribution in [0.2, 0.25) is 0 Å². The highest BCUT2D eigenvalue weighted by molar-refractivity contribution is 5.90. The molecule has 0 aromatic heterocycles. The lowest BCUT2D eigenvalue weighted by Gasteiger charge is -2.13. The van der Waals surface area contributed by atoms with Crippen molar-refractivity contribution >= 4 is 30.0 Å². The van der Waals surface area contributed by atoms with Gasteiger partial charge in [0.1, 0.15) is 5.75 Å². The molecule has 1 unspecified atom stereocenters. The number of carbonyl (C=O) groups excluding carboxylic acids is 4. The molecule has 10 heteroatoms. The second-order valence-electron chi connectivity index (χ2n) is 6.69. The number of hydrogen-bond acceptors (Lipinski definition) is 10. The Labute approximate surface area is 212 Å². The van der Waals surface area contributed by atoms with E-state index in [0.717, 1.165) is 30.4 Å². The van der Waals surface area contributed by atoms with Crippen molar-refractivity contribution in [1.29, 1.82) is 0 Å². The predicted octanol–water partition coefficient (Wildman–Crippen LogP) is 3.46. The van der Waals surface area contributed by atoms with Crippen molar-refractivity contribution in [2.24, 2.45) is 0 Å². The number of aliphatic hydroxyl groups excluding tert-OH is 1. The summed E-state index contributed by atoms with van der Waals surface area (Å²) in [5.74, 6) is -3.59. The summed E-state index contributed by atoms with van der Waals surface area (Å²) >= 11 is 0. The molecule has 0 fully saturated rings. The number of esters is 4. The van der Waals surface area contributed by atoms with Crippen LogP contribution >= 0.6 is 0 Å². The highest BCUT2D eigenvalue weighted by Crippen LogP contribution is 2.33. The van der Waals surface area contributed by atoms with Crippen LogP contribution in [0.25, 0.3) is 6.08 Å². The maximum atomic E-state index is 12.4. The van der Waals surface area contributed by atoms with Gasteiger partial charge in [0.05, 0.1) is 0 Å². The quantitative estimate of drug-likeness (QED) is 0.150. The van der Waals surface area contributed by atoms with Gasteiger partial charge in [0.15, 0.2) is 23.0 Å². The van der Waals surface area contributed by atoms with E-state index >= 15 is 0 Å². The molecular weight excluding hydrogens is 484 g/mol. The molecule has 2 rings (SSSR count). The second-order valence-corrected chi connectivity index (χ2v) is 6.69. The van der Waals surface area contributed by atoms with E-state index in [0.29, 0.717) is 5.56 Å². The number of aliphatic hydroxyl groups is 1. The fourth-order valence-corrected chi connectivity index (χ4v) is 2.46. The van der Waals surface area contributed by atoms with Gasteiger partial charge in [-0.2, -0.15) is 0 Å². The first-order valence-corrected chi connectivity index (χ1v) is 10.4. The summed E-state index contributed by atoms with van der Waals surface area (Å²) in [5, 5.41) is 9.64. The average Bonchev–Trinajstić information content (AvgIpc) is 2.89. The minimum atomic E-state index is -1.35. The van der Waals surface area contributed by atoms with Crippen LogP contribution in [0.5, 0.6) is 28.7 Å². The number of ether oxygens (including phenoxy) is 5. The molecule has 0 saturated carbocycles. The van der Waals surface area contributed by atoms with E-state index in [-0.39, 0.29) is 28.7 Å². The summed E-state index contributed by atoms with van der Waals surface area (Å²) in [5.41, 5.74) is 0.397. The lowest BCUT2D eigenvalue weighted by atomic mass is 10.2. The van der Waals surface area contributed by atoms with Gasteiger partial charge in [0.2, 0.25) is 6.29 Å². The number of benzene rings is 2. The zero-order valence-corrected chi connectivity index (χ0v) is 19.5. The molecule has 0 aliphatic carbocycles. The van der Waals surface area contributed by atoms with Crippen molar-refractivity contribution in [1.82, 2.24) is 0 Å². The largest absolute Gasteiger partial charge is 0.458 e. The standard InChI is InChI=1S/C27H22O10/c1-5-23(28)33-18-11-13-20(22(16-18)37-26(31)8-4)35-27(32)14-10-17-9-12-19(34-24(29)6-2)21(15-17)36-25(30)7-3/h5-16,24,29H,1-4H2/b14-10+. The van der Waals surface area contributed by atoms with E-state index in [1.54, 1.807) is 0 Å². The molecule has 0 aliphatic rings. The van der Waals surface area contributed by atoms with Gasteiger partial charge in [-0.05, 0) is 42.0 Å². The molecule has 0 spiro atoms. The maximum Gasteiger partial charge on any atom is 0.336 e. The average molecular weight is 506 g/mol. The summed E-state index contributed by atoms with van der Waals surface area (Å²) in [6.45, 7) is 13.3. The van der Waals surface area contributed by atoms with E-state index in [4.69, 9.17) is 23.7 Å².